The molecule has 0 spiro atoms. The highest BCUT2D eigenvalue weighted by Crippen LogP contribution is 2.41. The molecule has 1 aliphatic carbocycles. The molecule has 1 amide bonds. The van der Waals surface area contributed by atoms with Crippen LogP contribution in [-0.2, 0) is 4.79 Å². The fourth-order valence-corrected chi connectivity index (χ4v) is 3.59. The number of rotatable bonds is 5. The molecule has 1 saturated carbocycles. The minimum absolute atomic E-state index is 0.169. The van der Waals surface area contributed by atoms with Crippen LogP contribution in [0.25, 0.3) is 0 Å². The summed E-state index contributed by atoms with van der Waals surface area (Å²) in [6, 6.07) is 13.7. The van der Waals surface area contributed by atoms with E-state index in [0.717, 1.165) is 24.0 Å². The maximum atomic E-state index is 14.5. The highest BCUT2D eigenvalue weighted by atomic mass is 19.1. The third kappa shape index (κ3) is 3.63. The molecule has 2 aromatic carbocycles. The molecule has 1 heterocycles. The molecule has 3 nitrogen and oxygen atoms in total. The number of carbonyl (C=O) groups excluding carboxylic acids is 1. The lowest BCUT2D eigenvalue weighted by molar-refractivity contribution is -0.123. The maximum absolute atomic E-state index is 14.5. The van der Waals surface area contributed by atoms with Crippen molar-refractivity contribution in [3.05, 3.63) is 71.0 Å². The van der Waals surface area contributed by atoms with E-state index in [1.807, 2.05) is 42.5 Å². The molecule has 0 bridgehead atoms. The third-order valence-electron chi connectivity index (χ3n) is 5.19. The standard InChI is InChI=1S/C21H22F2N2O/c22-16-11-19(24-12-16)21(26)25-20(14-4-2-1-3-5-14)15-8-9-17(13-6-7-13)18(23)10-15/h1-5,8-10,13,16,19-20,24H,6-7,11-12H2,(H,25,26)/t16-,19+,20+/m1/s1. The molecule has 0 radical (unpaired) electrons. The SMILES string of the molecule is O=C(N[C@@H](c1ccccc1)c1ccc(C2CC2)c(F)c1)[C@@H]1C[C@@H](F)CN1. The first-order valence-corrected chi connectivity index (χ1v) is 9.14. The lowest BCUT2D eigenvalue weighted by Gasteiger charge is -2.22. The zero-order valence-electron chi connectivity index (χ0n) is 14.4. The average Bonchev–Trinajstić information content (AvgIpc) is 3.40. The van der Waals surface area contributed by atoms with Crippen molar-refractivity contribution < 1.29 is 13.6 Å². The first-order chi connectivity index (χ1) is 12.6. The minimum Gasteiger partial charge on any atom is -0.344 e. The summed E-state index contributed by atoms with van der Waals surface area (Å²) in [7, 11) is 0. The Kier molecular flexibility index (Phi) is 4.72. The number of alkyl halides is 1. The molecule has 2 aromatic rings. The number of amides is 1. The van der Waals surface area contributed by atoms with Gasteiger partial charge in [-0.25, -0.2) is 8.78 Å². The van der Waals surface area contributed by atoms with E-state index >= 15 is 0 Å². The van der Waals surface area contributed by atoms with Crippen LogP contribution in [0.1, 0.15) is 47.9 Å². The van der Waals surface area contributed by atoms with Crippen LogP contribution >= 0.6 is 0 Å². The smallest absolute Gasteiger partial charge is 0.237 e. The molecule has 0 unspecified atom stereocenters. The van der Waals surface area contributed by atoms with Crippen molar-refractivity contribution >= 4 is 5.91 Å². The molecule has 1 aliphatic heterocycles. The number of carbonyl (C=O) groups is 1. The Hall–Kier alpha value is -2.27. The van der Waals surface area contributed by atoms with Crippen LogP contribution in [0.3, 0.4) is 0 Å². The molecule has 5 heteroatoms. The second-order valence-corrected chi connectivity index (χ2v) is 7.20. The lowest BCUT2D eigenvalue weighted by Crippen LogP contribution is -2.42. The molecule has 1 saturated heterocycles. The van der Waals surface area contributed by atoms with Gasteiger partial charge in [-0.1, -0.05) is 42.5 Å². The van der Waals surface area contributed by atoms with Gasteiger partial charge in [0.2, 0.25) is 5.91 Å². The van der Waals surface area contributed by atoms with Crippen LogP contribution in [0, 0.1) is 5.82 Å². The topological polar surface area (TPSA) is 41.1 Å². The quantitative estimate of drug-likeness (QED) is 0.859. The number of benzene rings is 2. The minimum atomic E-state index is -1.00. The van der Waals surface area contributed by atoms with Gasteiger partial charge in [-0.3, -0.25) is 4.79 Å². The molecule has 26 heavy (non-hydrogen) atoms. The van der Waals surface area contributed by atoms with Crippen LogP contribution in [-0.4, -0.2) is 24.7 Å². The molecular weight excluding hydrogens is 334 g/mol. The summed E-state index contributed by atoms with van der Waals surface area (Å²) in [4.78, 5) is 12.6. The van der Waals surface area contributed by atoms with Crippen molar-refractivity contribution in [3.63, 3.8) is 0 Å². The van der Waals surface area contributed by atoms with Crippen LogP contribution in [0.4, 0.5) is 8.78 Å². The van der Waals surface area contributed by atoms with E-state index in [0.29, 0.717) is 11.5 Å². The van der Waals surface area contributed by atoms with Crippen molar-refractivity contribution in [1.82, 2.24) is 10.6 Å². The zero-order valence-corrected chi connectivity index (χ0v) is 14.4. The Labute approximate surface area is 151 Å². The van der Waals surface area contributed by atoms with Gasteiger partial charge in [-0.2, -0.15) is 0 Å². The number of hydrogen-bond donors (Lipinski definition) is 2. The van der Waals surface area contributed by atoms with Gasteiger partial charge in [0.1, 0.15) is 12.0 Å². The summed E-state index contributed by atoms with van der Waals surface area (Å²) in [6.07, 6.45) is 1.23. The predicted octanol–water partition coefficient (Wildman–Crippen LogP) is 3.61. The zero-order chi connectivity index (χ0) is 18.1. The van der Waals surface area contributed by atoms with E-state index in [9.17, 15) is 13.6 Å². The van der Waals surface area contributed by atoms with Crippen molar-refractivity contribution in [2.75, 3.05) is 6.54 Å². The summed E-state index contributed by atoms with van der Waals surface area (Å²) in [5.41, 5.74) is 2.32. The van der Waals surface area contributed by atoms with Crippen molar-refractivity contribution in [3.8, 4) is 0 Å². The van der Waals surface area contributed by atoms with Crippen LogP contribution < -0.4 is 10.6 Å². The molecule has 0 aromatic heterocycles. The van der Waals surface area contributed by atoms with Gasteiger partial charge in [0.15, 0.2) is 0 Å². The van der Waals surface area contributed by atoms with Crippen LogP contribution in [0.5, 0.6) is 0 Å². The first-order valence-electron chi connectivity index (χ1n) is 9.14. The summed E-state index contributed by atoms with van der Waals surface area (Å²) in [5.74, 6) is -0.147. The van der Waals surface area contributed by atoms with Gasteiger partial charge in [0, 0.05) is 13.0 Å². The van der Waals surface area contributed by atoms with Crippen molar-refractivity contribution in [2.45, 2.75) is 43.4 Å². The molecule has 2 aliphatic rings. The summed E-state index contributed by atoms with van der Waals surface area (Å²) < 4.78 is 27.9. The molecule has 2 fully saturated rings. The van der Waals surface area contributed by atoms with E-state index in [1.54, 1.807) is 0 Å². The predicted molar refractivity (Wildman–Crippen MR) is 96.1 cm³/mol. The maximum Gasteiger partial charge on any atom is 0.237 e. The lowest BCUT2D eigenvalue weighted by atomic mass is 9.96. The Morgan fingerprint density at radius 2 is 1.88 bits per heavy atom. The Morgan fingerprint density at radius 3 is 2.50 bits per heavy atom. The number of hydrogen-bond acceptors (Lipinski definition) is 2. The summed E-state index contributed by atoms with van der Waals surface area (Å²) >= 11 is 0. The van der Waals surface area contributed by atoms with Gasteiger partial charge in [0.05, 0.1) is 12.1 Å². The fourth-order valence-electron chi connectivity index (χ4n) is 3.59. The summed E-state index contributed by atoms with van der Waals surface area (Å²) in [5, 5.41) is 5.87. The van der Waals surface area contributed by atoms with E-state index in [2.05, 4.69) is 10.6 Å². The average molecular weight is 356 g/mol. The second kappa shape index (κ2) is 7.16. The molecule has 2 N–H and O–H groups in total. The van der Waals surface area contributed by atoms with Gasteiger partial charge >= 0.3 is 0 Å². The molecule has 136 valence electrons. The highest BCUT2D eigenvalue weighted by molar-refractivity contribution is 5.83. The molecular formula is C21H22F2N2O. The molecule has 4 rings (SSSR count). The number of nitrogens with one attached hydrogen (secondary N) is 2. The van der Waals surface area contributed by atoms with Crippen LogP contribution in [0.15, 0.2) is 48.5 Å². The Bertz CT molecular complexity index is 792. The fraction of sp³-hybridized carbons (Fsp3) is 0.381. The van der Waals surface area contributed by atoms with Gasteiger partial charge in [-0.05, 0) is 41.5 Å². The van der Waals surface area contributed by atoms with Gasteiger partial charge in [-0.15, -0.1) is 0 Å². The van der Waals surface area contributed by atoms with E-state index in [1.165, 1.54) is 6.07 Å². The third-order valence-corrected chi connectivity index (χ3v) is 5.19. The van der Waals surface area contributed by atoms with Crippen LogP contribution in [0.2, 0.25) is 0 Å². The first kappa shape index (κ1) is 17.2. The number of halogens is 2. The second-order valence-electron chi connectivity index (χ2n) is 7.20. The van der Waals surface area contributed by atoms with Crippen molar-refractivity contribution in [2.24, 2.45) is 0 Å². The van der Waals surface area contributed by atoms with Gasteiger partial charge < -0.3 is 10.6 Å². The van der Waals surface area contributed by atoms with Crippen molar-refractivity contribution in [1.29, 1.82) is 0 Å². The van der Waals surface area contributed by atoms with E-state index in [-0.39, 0.29) is 24.7 Å². The Balaban J connectivity index is 1.61. The van der Waals surface area contributed by atoms with E-state index in [4.69, 9.17) is 0 Å². The van der Waals surface area contributed by atoms with E-state index < -0.39 is 18.3 Å². The monoisotopic (exact) mass is 356 g/mol. The molecule has 3 atom stereocenters. The largest absolute Gasteiger partial charge is 0.344 e. The summed E-state index contributed by atoms with van der Waals surface area (Å²) in [6.45, 7) is 0.193. The highest BCUT2D eigenvalue weighted by Gasteiger charge is 2.31. The Morgan fingerprint density at radius 1 is 1.12 bits per heavy atom. The van der Waals surface area contributed by atoms with Gasteiger partial charge in [0.25, 0.3) is 0 Å². The normalized spacial score (nSPS) is 23.6.